The maximum atomic E-state index is 9.06. The van der Waals surface area contributed by atoms with E-state index in [9.17, 15) is 0 Å². The molecule has 2 nitrogen and oxygen atoms in total. The molecule has 0 aliphatic heterocycles. The third-order valence-electron chi connectivity index (χ3n) is 8.16. The van der Waals surface area contributed by atoms with Crippen molar-refractivity contribution in [3.8, 4) is 0 Å². The van der Waals surface area contributed by atoms with E-state index in [1.165, 1.54) is 96.0 Å². The summed E-state index contributed by atoms with van der Waals surface area (Å²) in [7, 11) is 0. The molecule has 3 fully saturated rings. The highest BCUT2D eigenvalue weighted by molar-refractivity contribution is 5.63. The van der Waals surface area contributed by atoms with E-state index in [0.717, 1.165) is 29.6 Å². The number of carbonyl (C=O) groups is 1. The second kappa shape index (κ2) is 15.0. The SMILES string of the molecule is C=CC=O.CCCCCC1CCC(C2CCC(/C=C/C3CCC(N)CC3)CC2)CC1. The van der Waals surface area contributed by atoms with Gasteiger partial charge in [0.05, 0.1) is 0 Å². The summed E-state index contributed by atoms with van der Waals surface area (Å²) in [4.78, 5) is 9.06. The first kappa shape index (κ1) is 25.4. The minimum atomic E-state index is 0.483. The number of allylic oxidation sites excluding steroid dienone is 3. The monoisotopic (exact) mass is 415 g/mol. The van der Waals surface area contributed by atoms with Crippen LogP contribution < -0.4 is 5.73 Å². The Morgan fingerprint density at radius 1 is 0.767 bits per heavy atom. The van der Waals surface area contributed by atoms with Gasteiger partial charge in [0.15, 0.2) is 0 Å². The molecule has 0 atom stereocenters. The lowest BCUT2D eigenvalue weighted by atomic mass is 9.68. The van der Waals surface area contributed by atoms with Gasteiger partial charge in [0.25, 0.3) is 0 Å². The van der Waals surface area contributed by atoms with Crippen molar-refractivity contribution in [2.24, 2.45) is 35.3 Å². The molecule has 0 aromatic rings. The van der Waals surface area contributed by atoms with Crippen molar-refractivity contribution >= 4 is 6.29 Å². The number of nitrogens with two attached hydrogens (primary N) is 1. The van der Waals surface area contributed by atoms with Crippen molar-refractivity contribution in [1.29, 1.82) is 0 Å². The summed E-state index contributed by atoms with van der Waals surface area (Å²) < 4.78 is 0. The predicted octanol–water partition coefficient (Wildman–Crippen LogP) is 7.62. The average Bonchev–Trinajstić information content (AvgIpc) is 2.80. The van der Waals surface area contributed by atoms with Crippen LogP contribution in [0.5, 0.6) is 0 Å². The Labute approximate surface area is 187 Å². The van der Waals surface area contributed by atoms with Gasteiger partial charge in [-0.3, -0.25) is 4.79 Å². The lowest BCUT2D eigenvalue weighted by Gasteiger charge is -2.37. The van der Waals surface area contributed by atoms with Crippen LogP contribution in [-0.4, -0.2) is 12.3 Å². The molecule has 0 spiro atoms. The van der Waals surface area contributed by atoms with Gasteiger partial charge < -0.3 is 5.73 Å². The molecule has 0 aromatic heterocycles. The van der Waals surface area contributed by atoms with E-state index in [2.05, 4.69) is 25.7 Å². The van der Waals surface area contributed by atoms with E-state index in [0.29, 0.717) is 12.3 Å². The molecule has 0 unspecified atom stereocenters. The lowest BCUT2D eigenvalue weighted by molar-refractivity contribution is -0.104. The van der Waals surface area contributed by atoms with Crippen LogP contribution in [0.3, 0.4) is 0 Å². The second-order valence-corrected chi connectivity index (χ2v) is 10.4. The highest BCUT2D eigenvalue weighted by Gasteiger charge is 2.30. The van der Waals surface area contributed by atoms with Gasteiger partial charge in [0.2, 0.25) is 0 Å². The van der Waals surface area contributed by atoms with Crippen molar-refractivity contribution < 1.29 is 4.79 Å². The first-order chi connectivity index (χ1) is 14.7. The van der Waals surface area contributed by atoms with Crippen LogP contribution in [0.4, 0.5) is 0 Å². The van der Waals surface area contributed by atoms with Crippen LogP contribution in [0.1, 0.15) is 110 Å². The largest absolute Gasteiger partial charge is 0.328 e. The Morgan fingerprint density at radius 3 is 1.70 bits per heavy atom. The zero-order valence-corrected chi connectivity index (χ0v) is 19.8. The Balaban J connectivity index is 0.000000735. The molecule has 0 heterocycles. The molecular formula is C28H49NO. The summed E-state index contributed by atoms with van der Waals surface area (Å²) in [6, 6.07) is 0.483. The van der Waals surface area contributed by atoms with Crippen molar-refractivity contribution in [3.63, 3.8) is 0 Å². The fourth-order valence-corrected chi connectivity index (χ4v) is 6.09. The van der Waals surface area contributed by atoms with Crippen molar-refractivity contribution in [3.05, 3.63) is 24.8 Å². The molecule has 3 aliphatic rings. The fourth-order valence-electron chi connectivity index (χ4n) is 6.09. The van der Waals surface area contributed by atoms with Crippen LogP contribution in [-0.2, 0) is 4.79 Å². The molecule has 3 saturated carbocycles. The van der Waals surface area contributed by atoms with Crippen molar-refractivity contribution in [1.82, 2.24) is 0 Å². The molecule has 0 bridgehead atoms. The van der Waals surface area contributed by atoms with Gasteiger partial charge in [-0.2, -0.15) is 0 Å². The molecule has 0 aromatic carbocycles. The number of rotatable bonds is 8. The molecule has 30 heavy (non-hydrogen) atoms. The zero-order chi connectivity index (χ0) is 21.6. The maximum Gasteiger partial charge on any atom is 0.142 e. The Kier molecular flexibility index (Phi) is 12.7. The van der Waals surface area contributed by atoms with Crippen LogP contribution in [0.2, 0.25) is 0 Å². The van der Waals surface area contributed by atoms with Gasteiger partial charge in [-0.05, 0) is 99.9 Å². The molecule has 2 N–H and O–H groups in total. The van der Waals surface area contributed by atoms with Gasteiger partial charge in [0, 0.05) is 6.04 Å². The minimum Gasteiger partial charge on any atom is -0.328 e. The third kappa shape index (κ3) is 9.50. The summed E-state index contributed by atoms with van der Waals surface area (Å²) in [6.45, 7) is 5.44. The minimum absolute atomic E-state index is 0.483. The molecule has 3 rings (SSSR count). The quantitative estimate of drug-likeness (QED) is 0.192. The van der Waals surface area contributed by atoms with Gasteiger partial charge in [-0.25, -0.2) is 0 Å². The number of aldehydes is 1. The molecule has 0 radical (unpaired) electrons. The van der Waals surface area contributed by atoms with E-state index in [1.54, 1.807) is 12.8 Å². The zero-order valence-electron chi connectivity index (χ0n) is 19.8. The van der Waals surface area contributed by atoms with Crippen LogP contribution in [0.25, 0.3) is 0 Å². The Bertz CT molecular complexity index is 469. The molecule has 3 aliphatic carbocycles. The summed E-state index contributed by atoms with van der Waals surface area (Å²) in [5, 5.41) is 0. The van der Waals surface area contributed by atoms with Crippen LogP contribution in [0, 0.1) is 29.6 Å². The number of carbonyl (C=O) groups excluding carboxylic acids is 1. The van der Waals surface area contributed by atoms with Gasteiger partial charge in [0.1, 0.15) is 6.29 Å². The van der Waals surface area contributed by atoms with Crippen molar-refractivity contribution in [2.45, 2.75) is 116 Å². The lowest BCUT2D eigenvalue weighted by Crippen LogP contribution is -2.26. The predicted molar refractivity (Wildman–Crippen MR) is 130 cm³/mol. The topological polar surface area (TPSA) is 43.1 Å². The van der Waals surface area contributed by atoms with Gasteiger partial charge >= 0.3 is 0 Å². The summed E-state index contributed by atoms with van der Waals surface area (Å²) in [5.41, 5.74) is 6.04. The molecule has 172 valence electrons. The van der Waals surface area contributed by atoms with Crippen LogP contribution >= 0.6 is 0 Å². The van der Waals surface area contributed by atoms with E-state index in [1.807, 2.05) is 0 Å². The molecule has 0 amide bonds. The summed E-state index contributed by atoms with van der Waals surface area (Å²) >= 11 is 0. The highest BCUT2D eigenvalue weighted by atomic mass is 16.1. The first-order valence-electron chi connectivity index (χ1n) is 13.2. The smallest absolute Gasteiger partial charge is 0.142 e. The highest BCUT2D eigenvalue weighted by Crippen LogP contribution is 2.42. The van der Waals surface area contributed by atoms with E-state index in [4.69, 9.17) is 10.5 Å². The van der Waals surface area contributed by atoms with Crippen molar-refractivity contribution in [2.75, 3.05) is 0 Å². The Hall–Kier alpha value is -0.890. The summed E-state index contributed by atoms with van der Waals surface area (Å²) in [6.07, 6.45) is 30.1. The molecular weight excluding hydrogens is 366 g/mol. The third-order valence-corrected chi connectivity index (χ3v) is 8.16. The fraction of sp³-hybridized carbons (Fsp3) is 0.821. The van der Waals surface area contributed by atoms with E-state index in [-0.39, 0.29) is 0 Å². The summed E-state index contributed by atoms with van der Waals surface area (Å²) in [5.74, 6) is 4.91. The van der Waals surface area contributed by atoms with E-state index < -0.39 is 0 Å². The number of hydrogen-bond acceptors (Lipinski definition) is 2. The normalized spacial score (nSPS) is 34.7. The number of unbranched alkanes of at least 4 members (excludes halogenated alkanes) is 2. The standard InChI is InChI=1S/C25H45N.C3H4O/c1-2-3-4-5-20-8-14-23(15-9-20)24-16-10-21(11-17-24)6-7-22-12-18-25(26)19-13-22;1-2-3-4/h6-7,20-25H,2-5,8-19,26H2,1H3;2-3H,1H2/b7-6+;. The molecule has 2 heteroatoms. The first-order valence-corrected chi connectivity index (χ1v) is 13.2. The van der Waals surface area contributed by atoms with Gasteiger partial charge in [-0.1, -0.05) is 64.2 Å². The molecule has 0 saturated heterocycles. The Morgan fingerprint density at radius 2 is 1.23 bits per heavy atom. The second-order valence-electron chi connectivity index (χ2n) is 10.4. The number of hydrogen-bond donors (Lipinski definition) is 1. The van der Waals surface area contributed by atoms with Gasteiger partial charge in [-0.15, -0.1) is 0 Å². The van der Waals surface area contributed by atoms with Crippen LogP contribution in [0.15, 0.2) is 24.8 Å². The van der Waals surface area contributed by atoms with E-state index >= 15 is 0 Å². The average molecular weight is 416 g/mol. The maximum absolute atomic E-state index is 9.06.